The SMILES string of the molecule is COCC(N)C(=O)N1CCN(c2ccccc2)CC1.Cl.Cl. The fourth-order valence-corrected chi connectivity index (χ4v) is 2.31. The molecule has 0 radical (unpaired) electrons. The molecule has 21 heavy (non-hydrogen) atoms. The Labute approximate surface area is 138 Å². The highest BCUT2D eigenvalue weighted by atomic mass is 35.5. The Morgan fingerprint density at radius 3 is 2.29 bits per heavy atom. The van der Waals surface area contributed by atoms with Gasteiger partial charge in [0.15, 0.2) is 0 Å². The largest absolute Gasteiger partial charge is 0.383 e. The number of anilines is 1. The van der Waals surface area contributed by atoms with E-state index in [0.29, 0.717) is 13.1 Å². The average molecular weight is 336 g/mol. The highest BCUT2D eigenvalue weighted by Crippen LogP contribution is 2.15. The van der Waals surface area contributed by atoms with Crippen molar-refractivity contribution in [1.29, 1.82) is 0 Å². The summed E-state index contributed by atoms with van der Waals surface area (Å²) in [5, 5.41) is 0. The maximum atomic E-state index is 12.0. The van der Waals surface area contributed by atoms with E-state index >= 15 is 0 Å². The lowest BCUT2D eigenvalue weighted by Crippen LogP contribution is -2.54. The van der Waals surface area contributed by atoms with Gasteiger partial charge in [-0.1, -0.05) is 18.2 Å². The molecule has 1 heterocycles. The molecule has 0 saturated carbocycles. The van der Waals surface area contributed by atoms with Crippen molar-refractivity contribution in [3.63, 3.8) is 0 Å². The Bertz CT molecular complexity index is 412. The third kappa shape index (κ3) is 5.36. The van der Waals surface area contributed by atoms with Crippen LogP contribution in [0.1, 0.15) is 0 Å². The van der Waals surface area contributed by atoms with Crippen molar-refractivity contribution in [2.75, 3.05) is 44.8 Å². The van der Waals surface area contributed by atoms with Crippen LogP contribution >= 0.6 is 24.8 Å². The first kappa shape index (κ1) is 20.0. The highest BCUT2D eigenvalue weighted by molar-refractivity contribution is 5.85. The van der Waals surface area contributed by atoms with Crippen LogP contribution in [-0.4, -0.2) is 56.7 Å². The molecule has 7 heteroatoms. The normalized spacial score (nSPS) is 15.7. The molecule has 5 nitrogen and oxygen atoms in total. The fraction of sp³-hybridized carbons (Fsp3) is 0.500. The average Bonchev–Trinajstić information content (AvgIpc) is 2.48. The third-order valence-electron chi connectivity index (χ3n) is 3.38. The van der Waals surface area contributed by atoms with Crippen molar-refractivity contribution in [2.24, 2.45) is 5.73 Å². The molecule has 1 aromatic carbocycles. The summed E-state index contributed by atoms with van der Waals surface area (Å²) in [5.41, 5.74) is 6.98. The third-order valence-corrected chi connectivity index (χ3v) is 3.38. The molecule has 1 saturated heterocycles. The number of nitrogens with two attached hydrogens (primary N) is 1. The Kier molecular flexibility index (Phi) is 9.37. The summed E-state index contributed by atoms with van der Waals surface area (Å²) in [5.74, 6) is -0.0189. The Balaban J connectivity index is 0.00000200. The van der Waals surface area contributed by atoms with Crippen LogP contribution in [-0.2, 0) is 9.53 Å². The van der Waals surface area contributed by atoms with Crippen LogP contribution in [0.2, 0.25) is 0 Å². The Hall–Kier alpha value is -1.01. The van der Waals surface area contributed by atoms with Crippen LogP contribution in [0.15, 0.2) is 30.3 Å². The summed E-state index contributed by atoms with van der Waals surface area (Å²) in [6.07, 6.45) is 0. The number of piperazine rings is 1. The summed E-state index contributed by atoms with van der Waals surface area (Å²) < 4.78 is 4.92. The number of hydrogen-bond acceptors (Lipinski definition) is 4. The standard InChI is InChI=1S/C14H21N3O2.2ClH/c1-19-11-13(15)14(18)17-9-7-16(8-10-17)12-5-3-2-4-6-12;;/h2-6,13H,7-11,15H2,1H3;2*1H. The van der Waals surface area contributed by atoms with Crippen LogP contribution in [0.5, 0.6) is 0 Å². The van der Waals surface area contributed by atoms with Crippen LogP contribution in [0.4, 0.5) is 5.69 Å². The number of benzene rings is 1. The van der Waals surface area contributed by atoms with E-state index in [1.807, 2.05) is 23.1 Å². The van der Waals surface area contributed by atoms with Gasteiger partial charge < -0.3 is 20.3 Å². The Morgan fingerprint density at radius 1 is 1.19 bits per heavy atom. The lowest BCUT2D eigenvalue weighted by atomic mass is 10.2. The molecule has 1 aliphatic heterocycles. The second-order valence-corrected chi connectivity index (χ2v) is 4.71. The molecule has 0 aromatic heterocycles. The molecule has 120 valence electrons. The molecular weight excluding hydrogens is 313 g/mol. The summed E-state index contributed by atoms with van der Waals surface area (Å²) >= 11 is 0. The van der Waals surface area contributed by atoms with Crippen molar-refractivity contribution in [2.45, 2.75) is 6.04 Å². The van der Waals surface area contributed by atoms with Gasteiger partial charge in [-0.15, -0.1) is 24.8 Å². The maximum absolute atomic E-state index is 12.0. The van der Waals surface area contributed by atoms with Gasteiger partial charge in [0, 0.05) is 39.0 Å². The molecule has 1 amide bonds. The molecule has 1 fully saturated rings. The number of halogens is 2. The molecule has 1 unspecified atom stereocenters. The first-order valence-electron chi connectivity index (χ1n) is 6.55. The number of amides is 1. The van der Waals surface area contributed by atoms with Crippen molar-refractivity contribution < 1.29 is 9.53 Å². The highest BCUT2D eigenvalue weighted by Gasteiger charge is 2.25. The molecular formula is C14H23Cl2N3O2. The number of methoxy groups -OCH3 is 1. The molecule has 2 rings (SSSR count). The van der Waals surface area contributed by atoms with Gasteiger partial charge in [0.2, 0.25) is 5.91 Å². The van der Waals surface area contributed by atoms with E-state index in [1.165, 1.54) is 5.69 Å². The second-order valence-electron chi connectivity index (χ2n) is 4.71. The minimum atomic E-state index is -0.548. The number of hydrogen-bond donors (Lipinski definition) is 1. The van der Waals surface area contributed by atoms with Crippen molar-refractivity contribution >= 4 is 36.4 Å². The number of carbonyl (C=O) groups is 1. The van der Waals surface area contributed by atoms with Gasteiger partial charge in [-0.25, -0.2) is 0 Å². The second kappa shape index (κ2) is 9.84. The number of carbonyl (C=O) groups excluding carboxylic acids is 1. The van der Waals surface area contributed by atoms with Crippen LogP contribution in [0.25, 0.3) is 0 Å². The smallest absolute Gasteiger partial charge is 0.241 e. The first-order valence-corrected chi connectivity index (χ1v) is 6.55. The first-order chi connectivity index (χ1) is 9.22. The minimum Gasteiger partial charge on any atom is -0.383 e. The zero-order chi connectivity index (χ0) is 13.7. The molecule has 2 N–H and O–H groups in total. The van der Waals surface area contributed by atoms with Gasteiger partial charge in [-0.2, -0.15) is 0 Å². The molecule has 0 spiro atoms. The van der Waals surface area contributed by atoms with E-state index in [0.717, 1.165) is 13.1 Å². The van der Waals surface area contributed by atoms with Gasteiger partial charge in [0.25, 0.3) is 0 Å². The van der Waals surface area contributed by atoms with Gasteiger partial charge >= 0.3 is 0 Å². The minimum absolute atomic E-state index is 0. The summed E-state index contributed by atoms with van der Waals surface area (Å²) in [6.45, 7) is 3.39. The van der Waals surface area contributed by atoms with E-state index in [2.05, 4.69) is 17.0 Å². The van der Waals surface area contributed by atoms with E-state index in [1.54, 1.807) is 7.11 Å². The molecule has 0 aliphatic carbocycles. The van der Waals surface area contributed by atoms with Crippen molar-refractivity contribution in [3.05, 3.63) is 30.3 Å². The number of para-hydroxylation sites is 1. The van der Waals surface area contributed by atoms with E-state index in [9.17, 15) is 4.79 Å². The van der Waals surface area contributed by atoms with E-state index in [-0.39, 0.29) is 37.3 Å². The molecule has 1 aromatic rings. The topological polar surface area (TPSA) is 58.8 Å². The zero-order valence-electron chi connectivity index (χ0n) is 12.1. The monoisotopic (exact) mass is 335 g/mol. The predicted octanol–water partition coefficient (Wildman–Crippen LogP) is 1.15. The van der Waals surface area contributed by atoms with E-state index < -0.39 is 6.04 Å². The number of ether oxygens (including phenoxy) is 1. The Morgan fingerprint density at radius 2 is 1.76 bits per heavy atom. The fourth-order valence-electron chi connectivity index (χ4n) is 2.31. The zero-order valence-corrected chi connectivity index (χ0v) is 13.7. The summed E-state index contributed by atoms with van der Waals surface area (Å²) in [6, 6.07) is 9.70. The van der Waals surface area contributed by atoms with Gasteiger partial charge in [-0.3, -0.25) is 4.79 Å². The van der Waals surface area contributed by atoms with Gasteiger partial charge in [-0.05, 0) is 12.1 Å². The molecule has 1 atom stereocenters. The van der Waals surface area contributed by atoms with Gasteiger partial charge in [0.05, 0.1) is 6.61 Å². The number of nitrogens with zero attached hydrogens (tertiary/aromatic N) is 2. The predicted molar refractivity (Wildman–Crippen MR) is 89.6 cm³/mol. The lowest BCUT2D eigenvalue weighted by molar-refractivity contribution is -0.134. The number of rotatable bonds is 4. The van der Waals surface area contributed by atoms with Crippen LogP contribution < -0.4 is 10.6 Å². The van der Waals surface area contributed by atoms with E-state index in [4.69, 9.17) is 10.5 Å². The van der Waals surface area contributed by atoms with Crippen LogP contribution in [0.3, 0.4) is 0 Å². The lowest BCUT2D eigenvalue weighted by Gasteiger charge is -2.37. The quantitative estimate of drug-likeness (QED) is 0.896. The summed E-state index contributed by atoms with van der Waals surface area (Å²) in [4.78, 5) is 16.1. The molecule has 1 aliphatic rings. The van der Waals surface area contributed by atoms with Crippen LogP contribution in [0, 0.1) is 0 Å². The maximum Gasteiger partial charge on any atom is 0.241 e. The summed E-state index contributed by atoms with van der Waals surface area (Å²) in [7, 11) is 1.56. The van der Waals surface area contributed by atoms with Crippen molar-refractivity contribution in [1.82, 2.24) is 4.90 Å². The van der Waals surface area contributed by atoms with Crippen molar-refractivity contribution in [3.8, 4) is 0 Å². The van der Waals surface area contributed by atoms with Gasteiger partial charge in [0.1, 0.15) is 6.04 Å². The molecule has 0 bridgehead atoms.